The van der Waals surface area contributed by atoms with Crippen molar-refractivity contribution in [3.05, 3.63) is 17.5 Å². The lowest BCUT2D eigenvalue weighted by molar-refractivity contribution is 0.0962. The van der Waals surface area contributed by atoms with E-state index < -0.39 is 0 Å². The Labute approximate surface area is 133 Å². The summed E-state index contributed by atoms with van der Waals surface area (Å²) in [5.41, 5.74) is 6.66. The van der Waals surface area contributed by atoms with Crippen molar-refractivity contribution in [2.75, 3.05) is 43.6 Å². The minimum atomic E-state index is -0.148. The molecular formula is C14H21N3O2S2. The summed E-state index contributed by atoms with van der Waals surface area (Å²) >= 11 is 2.97. The van der Waals surface area contributed by atoms with Gasteiger partial charge in [-0.15, -0.1) is 29.7 Å². The van der Waals surface area contributed by atoms with E-state index in [1.165, 1.54) is 11.3 Å². The molecule has 4 N–H and O–H groups in total. The second-order valence-corrected chi connectivity index (χ2v) is 6.65. The minimum absolute atomic E-state index is 0.148. The number of ether oxygens (including phenoxy) is 1. The summed E-state index contributed by atoms with van der Waals surface area (Å²) in [4.78, 5) is 13.6. The second-order valence-electron chi connectivity index (χ2n) is 4.82. The van der Waals surface area contributed by atoms with Crippen LogP contribution in [0.2, 0.25) is 0 Å². The van der Waals surface area contributed by atoms with E-state index in [1.54, 1.807) is 17.8 Å². The van der Waals surface area contributed by atoms with E-state index in [1.807, 2.05) is 6.26 Å². The number of nitrogens with two attached hydrogens (primary N) is 1. The summed E-state index contributed by atoms with van der Waals surface area (Å²) in [6.07, 6.45) is 4.69. The van der Waals surface area contributed by atoms with Gasteiger partial charge in [-0.2, -0.15) is 0 Å². The Balaban J connectivity index is 2.08. The van der Waals surface area contributed by atoms with Crippen LogP contribution in [0.25, 0.3) is 0 Å². The molecule has 1 fully saturated rings. The van der Waals surface area contributed by atoms with Gasteiger partial charge in [0.05, 0.1) is 17.2 Å². The number of anilines is 2. The zero-order valence-corrected chi connectivity index (χ0v) is 13.7. The summed E-state index contributed by atoms with van der Waals surface area (Å²) < 4.78 is 5.37. The first-order chi connectivity index (χ1) is 10.2. The molecular weight excluding hydrogens is 306 g/mol. The van der Waals surface area contributed by atoms with E-state index in [0.717, 1.165) is 36.1 Å². The zero-order chi connectivity index (χ0) is 15.2. The Morgan fingerprint density at radius 3 is 3.10 bits per heavy atom. The molecule has 7 heteroatoms. The number of carbonyl (C=O) groups is 1. The molecule has 2 rings (SSSR count). The normalized spacial score (nSPS) is 17.7. The van der Waals surface area contributed by atoms with E-state index in [2.05, 4.69) is 17.2 Å². The third-order valence-electron chi connectivity index (χ3n) is 3.29. The maximum atomic E-state index is 12.1. The minimum Gasteiger partial charge on any atom is -0.396 e. The maximum Gasteiger partial charge on any atom is 0.263 e. The maximum absolute atomic E-state index is 12.1. The van der Waals surface area contributed by atoms with Gasteiger partial charge in [0.2, 0.25) is 0 Å². The highest BCUT2D eigenvalue weighted by Gasteiger charge is 2.22. The molecule has 1 aliphatic rings. The van der Waals surface area contributed by atoms with Crippen LogP contribution in [-0.4, -0.2) is 38.5 Å². The SMILES string of the molecule is C=CCNC(=O)c1sc(NCC2CCOC2)c(SC)c1N. The fourth-order valence-electron chi connectivity index (χ4n) is 2.14. The second kappa shape index (κ2) is 7.72. The molecule has 2 heterocycles. The Hall–Kier alpha value is -1.18. The van der Waals surface area contributed by atoms with Gasteiger partial charge in [-0.3, -0.25) is 4.79 Å². The molecule has 0 saturated carbocycles. The molecule has 1 unspecified atom stereocenters. The van der Waals surface area contributed by atoms with Gasteiger partial charge in [0, 0.05) is 25.6 Å². The first-order valence-corrected chi connectivity index (χ1v) is 8.88. The highest BCUT2D eigenvalue weighted by Crippen LogP contribution is 2.41. The predicted molar refractivity (Wildman–Crippen MR) is 90.5 cm³/mol. The van der Waals surface area contributed by atoms with Crippen LogP contribution < -0.4 is 16.4 Å². The molecule has 0 aliphatic carbocycles. The average molecular weight is 327 g/mol. The van der Waals surface area contributed by atoms with Crippen LogP contribution in [-0.2, 0) is 4.74 Å². The van der Waals surface area contributed by atoms with Gasteiger partial charge in [-0.1, -0.05) is 6.08 Å². The predicted octanol–water partition coefficient (Wildman–Crippen LogP) is 2.42. The van der Waals surface area contributed by atoms with Crippen molar-refractivity contribution < 1.29 is 9.53 Å². The van der Waals surface area contributed by atoms with Crippen molar-refractivity contribution >= 4 is 39.7 Å². The molecule has 0 radical (unpaired) electrons. The van der Waals surface area contributed by atoms with Crippen LogP contribution in [0.5, 0.6) is 0 Å². The third-order valence-corrected chi connectivity index (χ3v) is 5.42. The molecule has 1 atom stereocenters. The van der Waals surface area contributed by atoms with Crippen LogP contribution >= 0.6 is 23.1 Å². The van der Waals surface area contributed by atoms with E-state index >= 15 is 0 Å². The van der Waals surface area contributed by atoms with E-state index in [-0.39, 0.29) is 5.91 Å². The Kier molecular flexibility index (Phi) is 5.96. The molecule has 21 heavy (non-hydrogen) atoms. The van der Waals surface area contributed by atoms with E-state index in [4.69, 9.17) is 10.5 Å². The van der Waals surface area contributed by atoms with Gasteiger partial charge in [-0.25, -0.2) is 0 Å². The lowest BCUT2D eigenvalue weighted by Crippen LogP contribution is -2.23. The van der Waals surface area contributed by atoms with Gasteiger partial charge < -0.3 is 21.1 Å². The van der Waals surface area contributed by atoms with Crippen LogP contribution in [0.3, 0.4) is 0 Å². The largest absolute Gasteiger partial charge is 0.396 e. The Bertz CT molecular complexity index is 511. The van der Waals surface area contributed by atoms with Gasteiger partial charge in [0.15, 0.2) is 0 Å². The van der Waals surface area contributed by atoms with Crippen molar-refractivity contribution in [3.8, 4) is 0 Å². The van der Waals surface area contributed by atoms with Crippen molar-refractivity contribution in [2.45, 2.75) is 11.3 Å². The lowest BCUT2D eigenvalue weighted by atomic mass is 10.1. The highest BCUT2D eigenvalue weighted by atomic mass is 32.2. The molecule has 1 aliphatic heterocycles. The van der Waals surface area contributed by atoms with Crippen LogP contribution in [0.1, 0.15) is 16.1 Å². The number of carbonyl (C=O) groups excluding carboxylic acids is 1. The molecule has 1 saturated heterocycles. The number of nitrogens with one attached hydrogen (secondary N) is 2. The Morgan fingerprint density at radius 2 is 2.48 bits per heavy atom. The summed E-state index contributed by atoms with van der Waals surface area (Å²) in [5.74, 6) is 0.381. The highest BCUT2D eigenvalue weighted by molar-refractivity contribution is 7.99. The number of thiophene rings is 1. The molecule has 1 aromatic heterocycles. The number of hydrogen-bond acceptors (Lipinski definition) is 6. The third kappa shape index (κ3) is 3.93. The number of rotatable bonds is 7. The molecule has 0 aromatic carbocycles. The van der Waals surface area contributed by atoms with Crippen LogP contribution in [0, 0.1) is 5.92 Å². The van der Waals surface area contributed by atoms with Crippen molar-refractivity contribution in [1.29, 1.82) is 0 Å². The molecule has 1 amide bonds. The number of hydrogen-bond donors (Lipinski definition) is 3. The summed E-state index contributed by atoms with van der Waals surface area (Å²) in [6.45, 7) is 6.51. The van der Waals surface area contributed by atoms with Gasteiger partial charge in [-0.05, 0) is 12.7 Å². The van der Waals surface area contributed by atoms with Crippen LogP contribution in [0.4, 0.5) is 10.7 Å². The zero-order valence-electron chi connectivity index (χ0n) is 12.1. The first kappa shape index (κ1) is 16.2. The number of thioether (sulfide) groups is 1. The van der Waals surface area contributed by atoms with Crippen molar-refractivity contribution in [2.24, 2.45) is 5.92 Å². The number of amides is 1. The topological polar surface area (TPSA) is 76.4 Å². The fourth-order valence-corrected chi connectivity index (χ4v) is 4.10. The molecule has 1 aromatic rings. The van der Waals surface area contributed by atoms with Gasteiger partial charge in [0.1, 0.15) is 9.88 Å². The van der Waals surface area contributed by atoms with Crippen molar-refractivity contribution in [3.63, 3.8) is 0 Å². The standard InChI is InChI=1S/C14H21N3O2S2/c1-3-5-16-13(18)11-10(15)12(20-2)14(21-11)17-7-9-4-6-19-8-9/h3,9,17H,1,4-8,15H2,2H3,(H,16,18). The Morgan fingerprint density at radius 1 is 1.67 bits per heavy atom. The van der Waals surface area contributed by atoms with E-state index in [0.29, 0.717) is 23.0 Å². The molecule has 5 nitrogen and oxygen atoms in total. The van der Waals surface area contributed by atoms with Gasteiger partial charge >= 0.3 is 0 Å². The van der Waals surface area contributed by atoms with E-state index in [9.17, 15) is 4.79 Å². The van der Waals surface area contributed by atoms with Crippen LogP contribution in [0.15, 0.2) is 17.6 Å². The summed E-state index contributed by atoms with van der Waals surface area (Å²) in [7, 11) is 0. The molecule has 116 valence electrons. The molecule has 0 bridgehead atoms. The average Bonchev–Trinajstić information content (AvgIpc) is 3.10. The fraction of sp³-hybridized carbons (Fsp3) is 0.500. The monoisotopic (exact) mass is 327 g/mol. The lowest BCUT2D eigenvalue weighted by Gasteiger charge is -2.10. The number of nitrogen functional groups attached to an aromatic ring is 1. The summed E-state index contributed by atoms with van der Waals surface area (Å²) in [6, 6.07) is 0. The molecule has 0 spiro atoms. The smallest absolute Gasteiger partial charge is 0.263 e. The summed E-state index contributed by atoms with van der Waals surface area (Å²) in [5, 5.41) is 7.15. The first-order valence-electron chi connectivity index (χ1n) is 6.84. The van der Waals surface area contributed by atoms with Gasteiger partial charge in [0.25, 0.3) is 5.91 Å². The quantitative estimate of drug-likeness (QED) is 0.530. The van der Waals surface area contributed by atoms with Crippen molar-refractivity contribution in [1.82, 2.24) is 5.32 Å².